The Bertz CT molecular complexity index is 762. The number of nitrogens with two attached hydrogens (primary N) is 1. The highest BCUT2D eigenvalue weighted by atomic mass is 19.1. The van der Waals surface area contributed by atoms with Crippen LogP contribution >= 0.6 is 0 Å². The Hall–Kier alpha value is -2.41. The molecule has 0 saturated heterocycles. The van der Waals surface area contributed by atoms with Crippen molar-refractivity contribution in [1.82, 2.24) is 4.98 Å². The molecule has 0 amide bonds. The van der Waals surface area contributed by atoms with E-state index in [4.69, 9.17) is 5.73 Å². The Morgan fingerprint density at radius 1 is 1.41 bits per heavy atom. The summed E-state index contributed by atoms with van der Waals surface area (Å²) in [6.45, 7) is 2.16. The molecule has 1 aliphatic rings. The topological polar surface area (TPSA) is 62.7 Å². The van der Waals surface area contributed by atoms with E-state index in [-0.39, 0.29) is 11.6 Å². The van der Waals surface area contributed by atoms with E-state index in [0.29, 0.717) is 22.6 Å². The van der Waals surface area contributed by atoms with E-state index in [2.05, 4.69) is 18.0 Å². The molecule has 2 N–H and O–H groups in total. The summed E-state index contributed by atoms with van der Waals surface area (Å²) < 4.78 is 14.3. The molecule has 1 heterocycles. The van der Waals surface area contributed by atoms with Crippen molar-refractivity contribution in [3.05, 3.63) is 46.9 Å². The van der Waals surface area contributed by atoms with E-state index in [1.807, 2.05) is 0 Å². The SMILES string of the molecule is CCC1CCc2nc(N)c(C#N)c(-c3ccccc3F)c2C1. The highest BCUT2D eigenvalue weighted by Crippen LogP contribution is 2.38. The maximum absolute atomic E-state index is 14.3. The summed E-state index contributed by atoms with van der Waals surface area (Å²) in [6, 6.07) is 8.67. The molecule has 0 radical (unpaired) electrons. The number of aromatic nitrogens is 1. The Labute approximate surface area is 129 Å². The molecule has 112 valence electrons. The number of rotatable bonds is 2. The molecule has 1 aromatic heterocycles. The Kier molecular flexibility index (Phi) is 3.81. The molecule has 1 unspecified atom stereocenters. The van der Waals surface area contributed by atoms with Gasteiger partial charge in [-0.2, -0.15) is 5.26 Å². The van der Waals surface area contributed by atoms with Crippen molar-refractivity contribution in [2.24, 2.45) is 5.92 Å². The molecule has 3 nitrogen and oxygen atoms in total. The molecular weight excluding hydrogens is 277 g/mol. The Morgan fingerprint density at radius 2 is 2.18 bits per heavy atom. The summed E-state index contributed by atoms with van der Waals surface area (Å²) in [4.78, 5) is 4.40. The van der Waals surface area contributed by atoms with Gasteiger partial charge in [0, 0.05) is 16.8 Å². The molecule has 1 aliphatic carbocycles. The summed E-state index contributed by atoms with van der Waals surface area (Å²) in [5, 5.41) is 9.48. The summed E-state index contributed by atoms with van der Waals surface area (Å²) in [5.74, 6) is 0.426. The van der Waals surface area contributed by atoms with Crippen LogP contribution in [0.4, 0.5) is 10.2 Å². The lowest BCUT2D eigenvalue weighted by Gasteiger charge is -2.26. The smallest absolute Gasteiger partial charge is 0.142 e. The second-order valence-electron chi connectivity index (χ2n) is 5.78. The number of benzene rings is 1. The van der Waals surface area contributed by atoms with E-state index in [1.54, 1.807) is 18.2 Å². The Morgan fingerprint density at radius 3 is 2.86 bits per heavy atom. The number of aryl methyl sites for hydroxylation is 1. The third-order valence-electron chi connectivity index (χ3n) is 4.53. The van der Waals surface area contributed by atoms with Gasteiger partial charge >= 0.3 is 0 Å². The number of hydrogen-bond donors (Lipinski definition) is 1. The predicted molar refractivity (Wildman–Crippen MR) is 84.6 cm³/mol. The van der Waals surface area contributed by atoms with Crippen LogP contribution in [0.5, 0.6) is 0 Å². The van der Waals surface area contributed by atoms with Gasteiger partial charge in [-0.15, -0.1) is 0 Å². The number of pyridine rings is 1. The van der Waals surface area contributed by atoms with Crippen LogP contribution in [0.25, 0.3) is 11.1 Å². The molecule has 0 bridgehead atoms. The van der Waals surface area contributed by atoms with Crippen molar-refractivity contribution in [3.63, 3.8) is 0 Å². The number of halogens is 1. The fourth-order valence-electron chi connectivity index (χ4n) is 3.27. The normalized spacial score (nSPS) is 16.9. The summed E-state index contributed by atoms with van der Waals surface area (Å²) in [6.07, 6.45) is 3.81. The third kappa shape index (κ3) is 2.33. The lowest BCUT2D eigenvalue weighted by Crippen LogP contribution is -2.18. The van der Waals surface area contributed by atoms with Crippen LogP contribution in [-0.2, 0) is 12.8 Å². The number of nitrogen functional groups attached to an aromatic ring is 1. The quantitative estimate of drug-likeness (QED) is 0.915. The first-order valence-corrected chi connectivity index (χ1v) is 7.61. The molecule has 3 rings (SSSR count). The molecule has 2 aromatic rings. The van der Waals surface area contributed by atoms with Crippen LogP contribution < -0.4 is 5.73 Å². The monoisotopic (exact) mass is 295 g/mol. The fourth-order valence-corrected chi connectivity index (χ4v) is 3.27. The van der Waals surface area contributed by atoms with Gasteiger partial charge in [0.05, 0.1) is 0 Å². The number of nitrogens with zero attached hydrogens (tertiary/aromatic N) is 2. The number of fused-ring (bicyclic) bond motifs is 1. The highest BCUT2D eigenvalue weighted by Gasteiger charge is 2.26. The standard InChI is InChI=1S/C18H18FN3/c1-2-11-7-8-16-13(9-11)17(14(10-20)18(21)22-16)12-5-3-4-6-15(12)19/h3-6,11H,2,7-9H2,1H3,(H2,21,22). The van der Waals surface area contributed by atoms with Crippen LogP contribution in [0.1, 0.15) is 36.6 Å². The van der Waals surface area contributed by atoms with Crippen LogP contribution in [0, 0.1) is 23.1 Å². The van der Waals surface area contributed by atoms with Crippen LogP contribution in [0.2, 0.25) is 0 Å². The molecule has 0 fully saturated rings. The van der Waals surface area contributed by atoms with Gasteiger partial charge in [0.15, 0.2) is 0 Å². The number of anilines is 1. The zero-order valence-electron chi connectivity index (χ0n) is 12.6. The molecule has 0 spiro atoms. The van der Waals surface area contributed by atoms with Gasteiger partial charge in [-0.3, -0.25) is 0 Å². The van der Waals surface area contributed by atoms with E-state index in [9.17, 15) is 9.65 Å². The zero-order chi connectivity index (χ0) is 15.7. The van der Waals surface area contributed by atoms with Crippen molar-refractivity contribution < 1.29 is 4.39 Å². The van der Waals surface area contributed by atoms with Gasteiger partial charge in [-0.05, 0) is 36.8 Å². The molecule has 22 heavy (non-hydrogen) atoms. The molecule has 1 atom stereocenters. The molecule has 4 heteroatoms. The van der Waals surface area contributed by atoms with Gasteiger partial charge < -0.3 is 5.73 Å². The maximum atomic E-state index is 14.3. The summed E-state index contributed by atoms with van der Waals surface area (Å²) in [5.41, 5.74) is 9.24. The summed E-state index contributed by atoms with van der Waals surface area (Å²) in [7, 11) is 0. The lowest BCUT2D eigenvalue weighted by molar-refractivity contribution is 0.440. The van der Waals surface area contributed by atoms with Crippen molar-refractivity contribution in [3.8, 4) is 17.2 Å². The van der Waals surface area contributed by atoms with Crippen molar-refractivity contribution >= 4 is 5.82 Å². The predicted octanol–water partition coefficient (Wildman–Crippen LogP) is 3.86. The van der Waals surface area contributed by atoms with Crippen LogP contribution in [0.3, 0.4) is 0 Å². The van der Waals surface area contributed by atoms with Gasteiger partial charge in [0.2, 0.25) is 0 Å². The molecule has 1 aromatic carbocycles. The average Bonchev–Trinajstić information content (AvgIpc) is 2.54. The van der Waals surface area contributed by atoms with Crippen molar-refractivity contribution in [2.75, 3.05) is 5.73 Å². The fraction of sp³-hybridized carbons (Fsp3) is 0.333. The third-order valence-corrected chi connectivity index (χ3v) is 4.53. The van der Waals surface area contributed by atoms with Crippen LogP contribution in [0.15, 0.2) is 24.3 Å². The largest absolute Gasteiger partial charge is 0.383 e. The highest BCUT2D eigenvalue weighted by molar-refractivity contribution is 5.79. The molecular formula is C18H18FN3. The molecule has 0 saturated carbocycles. The van der Waals surface area contributed by atoms with Crippen molar-refractivity contribution in [2.45, 2.75) is 32.6 Å². The number of nitriles is 1. The first-order chi connectivity index (χ1) is 10.7. The second-order valence-corrected chi connectivity index (χ2v) is 5.78. The van der Waals surface area contributed by atoms with Gasteiger partial charge in [0.1, 0.15) is 23.3 Å². The van der Waals surface area contributed by atoms with Gasteiger partial charge in [-0.1, -0.05) is 31.5 Å². The summed E-state index contributed by atoms with van der Waals surface area (Å²) >= 11 is 0. The van der Waals surface area contributed by atoms with Gasteiger partial charge in [-0.25, -0.2) is 9.37 Å². The van der Waals surface area contributed by atoms with Crippen molar-refractivity contribution in [1.29, 1.82) is 5.26 Å². The second kappa shape index (κ2) is 5.76. The first kappa shape index (κ1) is 14.5. The van der Waals surface area contributed by atoms with E-state index < -0.39 is 0 Å². The van der Waals surface area contributed by atoms with Crippen LogP contribution in [-0.4, -0.2) is 4.98 Å². The molecule has 0 aliphatic heterocycles. The van der Waals surface area contributed by atoms with E-state index in [1.165, 1.54) is 6.07 Å². The minimum absolute atomic E-state index is 0.203. The first-order valence-electron chi connectivity index (χ1n) is 7.61. The van der Waals surface area contributed by atoms with Gasteiger partial charge in [0.25, 0.3) is 0 Å². The average molecular weight is 295 g/mol. The minimum Gasteiger partial charge on any atom is -0.383 e. The van der Waals surface area contributed by atoms with E-state index >= 15 is 0 Å². The minimum atomic E-state index is -0.328. The Balaban J connectivity index is 2.30. The zero-order valence-corrected chi connectivity index (χ0v) is 12.6. The van der Waals surface area contributed by atoms with E-state index in [0.717, 1.165) is 36.9 Å². The maximum Gasteiger partial charge on any atom is 0.142 e. The number of hydrogen-bond acceptors (Lipinski definition) is 3. The lowest BCUT2D eigenvalue weighted by atomic mass is 9.80.